The van der Waals surface area contributed by atoms with Gasteiger partial charge in [-0.25, -0.2) is 0 Å². The number of fused-ring (bicyclic) bond motifs is 1. The van der Waals surface area contributed by atoms with Gasteiger partial charge < -0.3 is 20.1 Å². The third kappa shape index (κ3) is 6.27. The molecule has 0 saturated heterocycles. The maximum Gasteiger partial charge on any atom is 0.223 e. The van der Waals surface area contributed by atoms with Crippen LogP contribution < -0.4 is 10.6 Å². The molecule has 27 heavy (non-hydrogen) atoms. The van der Waals surface area contributed by atoms with E-state index in [1.807, 2.05) is 41.6 Å². The average molecular weight is 481 g/mol. The lowest BCUT2D eigenvalue weighted by Crippen LogP contribution is -2.39. The number of nitrogens with zero attached hydrogens (tertiary/aromatic N) is 3. The maximum atomic E-state index is 12.4. The third-order valence-electron chi connectivity index (χ3n) is 4.61. The Morgan fingerprint density at radius 2 is 1.67 bits per heavy atom. The minimum absolute atomic E-state index is 0. The van der Waals surface area contributed by atoms with Crippen LogP contribution >= 0.6 is 24.0 Å². The minimum Gasteiger partial charge on any atom is -0.356 e. The smallest absolute Gasteiger partial charge is 0.223 e. The molecule has 1 amide bonds. The zero-order valence-electron chi connectivity index (χ0n) is 15.7. The second-order valence-corrected chi connectivity index (χ2v) is 6.47. The number of aromatic nitrogens is 1. The molecular weight excluding hydrogens is 453 g/mol. The van der Waals surface area contributed by atoms with E-state index in [0.717, 1.165) is 45.1 Å². The maximum absolute atomic E-state index is 12.4. The molecule has 0 aliphatic carbocycles. The molecule has 0 atom stereocenters. The zero-order chi connectivity index (χ0) is 18.2. The van der Waals surface area contributed by atoms with Gasteiger partial charge in [0.2, 0.25) is 5.91 Å². The van der Waals surface area contributed by atoms with Crippen molar-refractivity contribution < 1.29 is 4.79 Å². The fourth-order valence-electron chi connectivity index (χ4n) is 3.16. The van der Waals surface area contributed by atoms with Crippen LogP contribution in [0.5, 0.6) is 0 Å². The van der Waals surface area contributed by atoms with E-state index in [-0.39, 0.29) is 29.9 Å². The van der Waals surface area contributed by atoms with Crippen LogP contribution in [-0.4, -0.2) is 41.5 Å². The number of benzene rings is 1. The average Bonchev–Trinajstić information content (AvgIpc) is 3.32. The second-order valence-electron chi connectivity index (χ2n) is 6.47. The first-order chi connectivity index (χ1) is 12.8. The van der Waals surface area contributed by atoms with Gasteiger partial charge in [-0.15, -0.1) is 24.0 Å². The highest BCUT2D eigenvalue weighted by Gasteiger charge is 2.22. The largest absolute Gasteiger partial charge is 0.356 e. The number of guanidine groups is 1. The van der Waals surface area contributed by atoms with Gasteiger partial charge >= 0.3 is 0 Å². The summed E-state index contributed by atoms with van der Waals surface area (Å²) in [6, 6.07) is 12.3. The number of nitrogens with one attached hydrogen (secondary N) is 2. The Hall–Kier alpha value is -2.03. The van der Waals surface area contributed by atoms with E-state index in [2.05, 4.69) is 32.3 Å². The lowest BCUT2D eigenvalue weighted by molar-refractivity contribution is -0.131. The number of hydrogen-bond donors (Lipinski definition) is 2. The van der Waals surface area contributed by atoms with Gasteiger partial charge in [-0.05, 0) is 29.7 Å². The van der Waals surface area contributed by atoms with Crippen molar-refractivity contribution >= 4 is 35.8 Å². The summed E-state index contributed by atoms with van der Waals surface area (Å²) in [7, 11) is 1.76. The Kier molecular flexibility index (Phi) is 8.63. The van der Waals surface area contributed by atoms with E-state index < -0.39 is 0 Å². The molecule has 2 N–H and O–H groups in total. The van der Waals surface area contributed by atoms with Gasteiger partial charge in [-0.2, -0.15) is 0 Å². The standard InChI is InChI=1S/C20H27N5O.HI/c1-21-20(23-11-14-24-12-4-5-13-24)22-10-6-9-19(26)25-15-17-7-2-3-8-18(17)16-25;/h2-5,7-8,12-13H,6,9-11,14-16H2,1H3,(H2,21,22,23);1H. The number of amides is 1. The highest BCUT2D eigenvalue weighted by atomic mass is 127. The summed E-state index contributed by atoms with van der Waals surface area (Å²) >= 11 is 0. The van der Waals surface area contributed by atoms with Crippen LogP contribution in [0.15, 0.2) is 53.8 Å². The highest BCUT2D eigenvalue weighted by Crippen LogP contribution is 2.22. The van der Waals surface area contributed by atoms with Crippen LogP contribution in [-0.2, 0) is 24.4 Å². The van der Waals surface area contributed by atoms with Gasteiger partial charge in [0.05, 0.1) is 0 Å². The highest BCUT2D eigenvalue weighted by molar-refractivity contribution is 14.0. The van der Waals surface area contributed by atoms with Crippen LogP contribution in [0.2, 0.25) is 0 Å². The molecule has 3 rings (SSSR count). The normalized spacial score (nSPS) is 13.1. The summed E-state index contributed by atoms with van der Waals surface area (Å²) in [5.74, 6) is 0.997. The predicted octanol–water partition coefficient (Wildman–Crippen LogP) is 2.59. The monoisotopic (exact) mass is 481 g/mol. The van der Waals surface area contributed by atoms with E-state index in [4.69, 9.17) is 0 Å². The Bertz CT molecular complexity index is 720. The van der Waals surface area contributed by atoms with Gasteiger partial charge in [0.1, 0.15) is 0 Å². The van der Waals surface area contributed by atoms with E-state index >= 15 is 0 Å². The van der Waals surface area contributed by atoms with E-state index in [1.54, 1.807) is 7.05 Å². The second kappa shape index (κ2) is 11.0. The summed E-state index contributed by atoms with van der Waals surface area (Å²) in [4.78, 5) is 18.5. The first-order valence-corrected chi connectivity index (χ1v) is 9.16. The molecule has 0 saturated carbocycles. The molecular formula is C20H28IN5O. The van der Waals surface area contributed by atoms with Crippen molar-refractivity contribution in [1.29, 1.82) is 0 Å². The molecule has 1 aromatic heterocycles. The van der Waals surface area contributed by atoms with Crippen molar-refractivity contribution in [2.45, 2.75) is 32.5 Å². The molecule has 0 fully saturated rings. The van der Waals surface area contributed by atoms with Gasteiger partial charge in [0.25, 0.3) is 0 Å². The summed E-state index contributed by atoms with van der Waals surface area (Å²) in [6.07, 6.45) is 5.44. The molecule has 1 aliphatic heterocycles. The van der Waals surface area contributed by atoms with E-state index in [0.29, 0.717) is 6.42 Å². The number of rotatable bonds is 7. The summed E-state index contributed by atoms with van der Waals surface area (Å²) < 4.78 is 2.12. The fraction of sp³-hybridized carbons (Fsp3) is 0.400. The van der Waals surface area contributed by atoms with Gasteiger partial charge in [0.15, 0.2) is 5.96 Å². The van der Waals surface area contributed by atoms with E-state index in [1.165, 1.54) is 11.1 Å². The zero-order valence-corrected chi connectivity index (χ0v) is 18.1. The summed E-state index contributed by atoms with van der Waals surface area (Å²) in [5, 5.41) is 6.56. The number of halogens is 1. The SMILES string of the molecule is CN=C(NCCCC(=O)N1Cc2ccccc2C1)NCCn1cccc1.I. The molecule has 0 unspecified atom stereocenters. The van der Waals surface area contributed by atoms with E-state index in [9.17, 15) is 4.79 Å². The molecule has 2 aromatic rings. The van der Waals surface area contributed by atoms with Crippen molar-refractivity contribution in [2.24, 2.45) is 4.99 Å². The quantitative estimate of drug-likeness (QED) is 0.277. The van der Waals surface area contributed by atoms with Gasteiger partial charge in [0, 0.05) is 58.6 Å². The molecule has 2 heterocycles. The van der Waals surface area contributed by atoms with Crippen molar-refractivity contribution in [3.05, 3.63) is 59.9 Å². The van der Waals surface area contributed by atoms with Crippen molar-refractivity contribution in [2.75, 3.05) is 20.1 Å². The molecule has 0 radical (unpaired) electrons. The van der Waals surface area contributed by atoms with Crippen LogP contribution in [0.1, 0.15) is 24.0 Å². The Labute approximate surface area is 178 Å². The number of aliphatic imine (C=N–C) groups is 1. The predicted molar refractivity (Wildman–Crippen MR) is 119 cm³/mol. The van der Waals surface area contributed by atoms with Gasteiger partial charge in [-0.1, -0.05) is 24.3 Å². The summed E-state index contributed by atoms with van der Waals surface area (Å²) in [6.45, 7) is 3.91. The number of carbonyl (C=O) groups is 1. The Balaban J connectivity index is 0.00000261. The van der Waals surface area contributed by atoms with Crippen LogP contribution in [0.4, 0.5) is 0 Å². The molecule has 146 valence electrons. The number of hydrogen-bond acceptors (Lipinski definition) is 2. The Morgan fingerprint density at radius 3 is 2.30 bits per heavy atom. The van der Waals surface area contributed by atoms with Crippen molar-refractivity contribution in [3.8, 4) is 0 Å². The molecule has 1 aliphatic rings. The lowest BCUT2D eigenvalue weighted by atomic mass is 10.1. The first-order valence-electron chi connectivity index (χ1n) is 9.16. The number of carbonyl (C=O) groups excluding carboxylic acids is 1. The topological polar surface area (TPSA) is 61.7 Å². The lowest BCUT2D eigenvalue weighted by Gasteiger charge is -2.16. The van der Waals surface area contributed by atoms with Gasteiger partial charge in [-0.3, -0.25) is 9.79 Å². The third-order valence-corrected chi connectivity index (χ3v) is 4.61. The molecule has 6 nitrogen and oxygen atoms in total. The van der Waals surface area contributed by atoms with Crippen LogP contribution in [0, 0.1) is 0 Å². The molecule has 0 spiro atoms. The first kappa shape index (κ1) is 21.3. The molecule has 0 bridgehead atoms. The minimum atomic E-state index is 0. The summed E-state index contributed by atoms with van der Waals surface area (Å²) in [5.41, 5.74) is 2.54. The fourth-order valence-corrected chi connectivity index (χ4v) is 3.16. The van der Waals surface area contributed by atoms with Crippen LogP contribution in [0.3, 0.4) is 0 Å². The van der Waals surface area contributed by atoms with Crippen LogP contribution in [0.25, 0.3) is 0 Å². The molecule has 1 aromatic carbocycles. The Morgan fingerprint density at radius 1 is 1.04 bits per heavy atom. The van der Waals surface area contributed by atoms with Crippen molar-refractivity contribution in [1.82, 2.24) is 20.1 Å². The molecule has 7 heteroatoms. The van der Waals surface area contributed by atoms with Crippen molar-refractivity contribution in [3.63, 3.8) is 0 Å².